The van der Waals surface area contributed by atoms with Gasteiger partial charge in [0.15, 0.2) is 0 Å². The van der Waals surface area contributed by atoms with Crippen LogP contribution in [0.2, 0.25) is 4.34 Å². The third-order valence-corrected chi connectivity index (χ3v) is 7.53. The molecule has 0 amide bonds. The van der Waals surface area contributed by atoms with Gasteiger partial charge in [0.05, 0.1) is 22.9 Å². The van der Waals surface area contributed by atoms with Crippen molar-refractivity contribution in [3.63, 3.8) is 0 Å². The smallest absolute Gasteiger partial charge is 0.256 e. The predicted molar refractivity (Wildman–Crippen MR) is 84.8 cm³/mol. The van der Waals surface area contributed by atoms with Crippen LogP contribution in [0.15, 0.2) is 21.4 Å². The van der Waals surface area contributed by atoms with E-state index < -0.39 is 10.0 Å². The molecule has 0 atom stereocenters. The normalized spacial score (nSPS) is 15.8. The van der Waals surface area contributed by atoms with Gasteiger partial charge in [0.2, 0.25) is 0 Å². The van der Waals surface area contributed by atoms with Gasteiger partial charge in [0.1, 0.15) is 4.21 Å². The first-order valence-corrected chi connectivity index (χ1v) is 9.23. The molecule has 0 fully saturated rings. The number of aryl methyl sites for hydroxylation is 2. The molecule has 6 nitrogen and oxygen atoms in total. The highest BCUT2D eigenvalue weighted by Gasteiger charge is 2.31. The number of fused-ring (bicyclic) bond motifs is 1. The maximum Gasteiger partial charge on any atom is 0.256 e. The minimum absolute atomic E-state index is 0.113. The molecule has 9 heteroatoms. The molecule has 0 radical (unpaired) electrons. The molecule has 0 aliphatic carbocycles. The summed E-state index contributed by atoms with van der Waals surface area (Å²) >= 11 is 7.02. The van der Waals surface area contributed by atoms with Gasteiger partial charge < -0.3 is 4.57 Å². The van der Waals surface area contributed by atoms with Crippen molar-refractivity contribution in [2.45, 2.75) is 24.1 Å². The minimum Gasteiger partial charge on any atom is -0.302 e. The summed E-state index contributed by atoms with van der Waals surface area (Å²) in [7, 11) is -1.98. The average molecular weight is 360 g/mol. The summed E-state index contributed by atoms with van der Waals surface area (Å²) in [5.74, 6) is 0. The van der Waals surface area contributed by atoms with E-state index in [0.29, 0.717) is 22.0 Å². The molecule has 118 valence electrons. The highest BCUT2D eigenvalue weighted by molar-refractivity contribution is 7.91. The van der Waals surface area contributed by atoms with E-state index in [1.165, 1.54) is 15.2 Å². The van der Waals surface area contributed by atoms with Crippen molar-refractivity contribution in [3.05, 3.63) is 43.9 Å². The fraction of sp³-hybridized carbons (Fsp3) is 0.385. The first-order chi connectivity index (χ1) is 10.3. The molecule has 1 aliphatic rings. The Hall–Kier alpha value is -1.22. The molecule has 3 heterocycles. The number of hydrogen-bond acceptors (Lipinski definition) is 5. The van der Waals surface area contributed by atoms with Gasteiger partial charge in [0.25, 0.3) is 15.6 Å². The van der Waals surface area contributed by atoms with Gasteiger partial charge in [-0.3, -0.25) is 4.79 Å². The maximum absolute atomic E-state index is 12.7. The Morgan fingerprint density at radius 2 is 2.14 bits per heavy atom. The Balaban J connectivity index is 1.97. The Morgan fingerprint density at radius 3 is 2.77 bits per heavy atom. The molecule has 0 aromatic carbocycles. The van der Waals surface area contributed by atoms with Gasteiger partial charge in [-0.25, -0.2) is 13.4 Å². The van der Waals surface area contributed by atoms with Crippen molar-refractivity contribution in [2.75, 3.05) is 6.54 Å². The van der Waals surface area contributed by atoms with E-state index in [4.69, 9.17) is 11.6 Å². The van der Waals surface area contributed by atoms with E-state index in [-0.39, 0.29) is 22.9 Å². The van der Waals surface area contributed by atoms with Crippen LogP contribution in [0.25, 0.3) is 0 Å². The topological polar surface area (TPSA) is 72.3 Å². The molecule has 0 saturated heterocycles. The molecule has 3 rings (SSSR count). The van der Waals surface area contributed by atoms with Crippen LogP contribution in [0.1, 0.15) is 16.8 Å². The molecule has 0 saturated carbocycles. The fourth-order valence-corrected chi connectivity index (χ4v) is 5.65. The Morgan fingerprint density at radius 1 is 1.41 bits per heavy atom. The van der Waals surface area contributed by atoms with Gasteiger partial charge in [-0.05, 0) is 25.0 Å². The molecule has 2 aromatic heterocycles. The molecule has 0 N–H and O–H groups in total. The van der Waals surface area contributed by atoms with Crippen molar-refractivity contribution in [2.24, 2.45) is 7.05 Å². The number of rotatable bonds is 2. The summed E-state index contributed by atoms with van der Waals surface area (Å²) in [6.45, 7) is 2.15. The van der Waals surface area contributed by atoms with Crippen LogP contribution in [0.5, 0.6) is 0 Å². The van der Waals surface area contributed by atoms with Gasteiger partial charge in [-0.2, -0.15) is 4.31 Å². The highest BCUT2D eigenvalue weighted by Crippen LogP contribution is 2.33. The lowest BCUT2D eigenvalue weighted by molar-refractivity contribution is 0.383. The number of aromatic nitrogens is 2. The monoisotopic (exact) mass is 359 g/mol. The molecule has 0 unspecified atom stereocenters. The first-order valence-electron chi connectivity index (χ1n) is 6.60. The summed E-state index contributed by atoms with van der Waals surface area (Å²) in [5.41, 5.74) is 1.75. The fourth-order valence-electron chi connectivity index (χ4n) is 2.38. The third-order valence-electron chi connectivity index (χ3n) is 3.68. The van der Waals surface area contributed by atoms with Crippen molar-refractivity contribution >= 4 is 33.0 Å². The van der Waals surface area contributed by atoms with Crippen LogP contribution in [0, 0.1) is 6.92 Å². The lowest BCUT2D eigenvalue weighted by Gasteiger charge is -2.26. The van der Waals surface area contributed by atoms with Gasteiger partial charge >= 0.3 is 0 Å². The zero-order valence-electron chi connectivity index (χ0n) is 12.0. The number of sulfonamides is 1. The van der Waals surface area contributed by atoms with Crippen molar-refractivity contribution in [3.8, 4) is 0 Å². The van der Waals surface area contributed by atoms with Crippen molar-refractivity contribution in [1.29, 1.82) is 0 Å². The summed E-state index contributed by atoms with van der Waals surface area (Å²) in [4.78, 5) is 16.2. The van der Waals surface area contributed by atoms with Crippen LogP contribution in [-0.2, 0) is 30.0 Å². The Labute approximate surface area is 137 Å². The standard InChI is InChI=1S/C13H14ClN3O3S2/c1-8-5-11(21-12(8)14)22(19,20)17-4-3-9-10(6-17)15-7-16(2)13(9)18/h5,7H,3-4,6H2,1-2H3. The third kappa shape index (κ3) is 2.50. The van der Waals surface area contributed by atoms with Crippen LogP contribution in [0.3, 0.4) is 0 Å². The quantitative estimate of drug-likeness (QED) is 0.815. The Bertz CT molecular complexity index is 882. The predicted octanol–water partition coefficient (Wildman–Crippen LogP) is 1.55. The molecular weight excluding hydrogens is 346 g/mol. The van der Waals surface area contributed by atoms with E-state index in [0.717, 1.165) is 16.9 Å². The van der Waals surface area contributed by atoms with Gasteiger partial charge in [-0.1, -0.05) is 11.6 Å². The van der Waals surface area contributed by atoms with Crippen LogP contribution >= 0.6 is 22.9 Å². The van der Waals surface area contributed by atoms with Gasteiger partial charge in [0, 0.05) is 19.2 Å². The van der Waals surface area contributed by atoms with E-state index in [1.807, 2.05) is 0 Å². The first kappa shape index (κ1) is 15.7. The van der Waals surface area contributed by atoms with Crippen LogP contribution in [-0.4, -0.2) is 28.8 Å². The summed E-state index contributed by atoms with van der Waals surface area (Å²) < 4.78 is 28.8. The van der Waals surface area contributed by atoms with E-state index in [2.05, 4.69) is 4.98 Å². The summed E-state index contributed by atoms with van der Waals surface area (Å²) in [6.07, 6.45) is 1.79. The van der Waals surface area contributed by atoms with Crippen molar-refractivity contribution in [1.82, 2.24) is 13.9 Å². The van der Waals surface area contributed by atoms with E-state index >= 15 is 0 Å². The molecular formula is C13H14ClN3O3S2. The van der Waals surface area contributed by atoms with E-state index in [1.54, 1.807) is 20.0 Å². The lowest BCUT2D eigenvalue weighted by atomic mass is 10.1. The van der Waals surface area contributed by atoms with E-state index in [9.17, 15) is 13.2 Å². The maximum atomic E-state index is 12.7. The summed E-state index contributed by atoms with van der Waals surface area (Å²) in [6, 6.07) is 1.58. The molecule has 2 aromatic rings. The zero-order chi connectivity index (χ0) is 16.1. The number of halogens is 1. The average Bonchev–Trinajstić information content (AvgIpc) is 2.83. The number of nitrogens with zero attached hydrogens (tertiary/aromatic N) is 3. The number of thiophene rings is 1. The second-order valence-electron chi connectivity index (χ2n) is 5.20. The molecule has 0 spiro atoms. The SMILES string of the molecule is Cc1cc(S(=O)(=O)N2CCc3c(ncn(C)c3=O)C2)sc1Cl. The van der Waals surface area contributed by atoms with Crippen LogP contribution in [0.4, 0.5) is 0 Å². The van der Waals surface area contributed by atoms with Crippen molar-refractivity contribution < 1.29 is 8.42 Å². The minimum atomic E-state index is -3.61. The second kappa shape index (κ2) is 5.45. The van der Waals surface area contributed by atoms with Crippen LogP contribution < -0.4 is 5.56 Å². The largest absolute Gasteiger partial charge is 0.302 e. The highest BCUT2D eigenvalue weighted by atomic mass is 35.5. The molecule has 1 aliphatic heterocycles. The zero-order valence-corrected chi connectivity index (χ0v) is 14.4. The summed E-state index contributed by atoms with van der Waals surface area (Å²) in [5, 5.41) is 0. The molecule has 22 heavy (non-hydrogen) atoms. The molecule has 0 bridgehead atoms. The number of hydrogen-bond donors (Lipinski definition) is 0. The second-order valence-corrected chi connectivity index (χ2v) is 9.02. The van der Waals surface area contributed by atoms with Gasteiger partial charge in [-0.15, -0.1) is 11.3 Å². The Kier molecular flexibility index (Phi) is 3.88. The lowest BCUT2D eigenvalue weighted by Crippen LogP contribution is -2.39.